The maximum absolute atomic E-state index is 12.4. The Bertz CT molecular complexity index is 979. The summed E-state index contributed by atoms with van der Waals surface area (Å²) in [5, 5.41) is 4.20. The van der Waals surface area contributed by atoms with Crippen LogP contribution in [0.1, 0.15) is 5.56 Å². The van der Waals surface area contributed by atoms with Gasteiger partial charge < -0.3 is 0 Å². The second-order valence-corrected chi connectivity index (χ2v) is 7.02. The predicted molar refractivity (Wildman–Crippen MR) is 99.3 cm³/mol. The van der Waals surface area contributed by atoms with Gasteiger partial charge in [-0.05, 0) is 41.6 Å². The number of carbonyl (C=O) groups excluding carboxylic acids is 1. The van der Waals surface area contributed by atoms with Crippen LogP contribution >= 0.6 is 23.1 Å². The van der Waals surface area contributed by atoms with Gasteiger partial charge in [-0.25, -0.2) is 4.98 Å². The first-order chi connectivity index (χ1) is 11.7. The number of hydrogen-bond acceptors (Lipinski definition) is 6. The third-order valence-corrected chi connectivity index (χ3v) is 5.26. The smallest absolute Gasteiger partial charge is 0.266 e. The molecule has 1 saturated heterocycles. The molecule has 3 aromatic rings. The number of thiazole rings is 1. The molecule has 1 fully saturated rings. The third kappa shape index (κ3) is 2.83. The number of pyridine rings is 1. The average molecular weight is 352 g/mol. The van der Waals surface area contributed by atoms with Crippen LogP contribution in [0.15, 0.2) is 58.0 Å². The summed E-state index contributed by atoms with van der Waals surface area (Å²) in [6, 6.07) is 9.86. The maximum atomic E-state index is 12.4. The molecule has 2 aromatic heterocycles. The van der Waals surface area contributed by atoms with Crippen LogP contribution in [0.3, 0.4) is 0 Å². The molecule has 5 nitrogen and oxygen atoms in total. The molecule has 0 spiro atoms. The summed E-state index contributed by atoms with van der Waals surface area (Å²) < 4.78 is 0. The van der Waals surface area contributed by atoms with Gasteiger partial charge in [0.15, 0.2) is 5.17 Å². The van der Waals surface area contributed by atoms with E-state index < -0.39 is 0 Å². The minimum atomic E-state index is -0.0541. The highest BCUT2D eigenvalue weighted by molar-refractivity contribution is 8.18. The average Bonchev–Trinajstić information content (AvgIpc) is 3.20. The van der Waals surface area contributed by atoms with Crippen molar-refractivity contribution in [1.82, 2.24) is 14.9 Å². The normalized spacial score (nSPS) is 18.2. The number of benzene rings is 1. The van der Waals surface area contributed by atoms with E-state index in [9.17, 15) is 4.79 Å². The molecule has 3 heterocycles. The molecule has 0 saturated carbocycles. The first-order valence-electron chi connectivity index (χ1n) is 7.21. The van der Waals surface area contributed by atoms with Gasteiger partial charge in [0, 0.05) is 30.2 Å². The minimum absolute atomic E-state index is 0.0541. The van der Waals surface area contributed by atoms with Crippen LogP contribution in [0.4, 0.5) is 5.13 Å². The van der Waals surface area contributed by atoms with Gasteiger partial charge >= 0.3 is 0 Å². The fourth-order valence-electron chi connectivity index (χ4n) is 2.34. The lowest BCUT2D eigenvalue weighted by Gasteiger charge is -2.05. The number of fused-ring (bicyclic) bond motifs is 1. The quantitative estimate of drug-likeness (QED) is 0.656. The van der Waals surface area contributed by atoms with Gasteiger partial charge in [0.25, 0.3) is 5.91 Å². The molecule has 24 heavy (non-hydrogen) atoms. The van der Waals surface area contributed by atoms with E-state index in [-0.39, 0.29) is 5.91 Å². The Morgan fingerprint density at radius 1 is 1.21 bits per heavy atom. The Balaban J connectivity index is 1.67. The molecule has 0 atom stereocenters. The van der Waals surface area contributed by atoms with Gasteiger partial charge in [0.2, 0.25) is 5.13 Å². The molecule has 1 aromatic carbocycles. The number of amidine groups is 1. The highest BCUT2D eigenvalue weighted by Gasteiger charge is 2.30. The summed E-state index contributed by atoms with van der Waals surface area (Å²) in [6.45, 7) is 0. The fraction of sp³-hybridized carbons (Fsp3) is 0.0588. The first kappa shape index (κ1) is 15.0. The SMILES string of the molecule is CN1C(=O)/C(=C\c2ccc3ncccc3c2)S/C1=N/c1nccs1. The number of hydrogen-bond donors (Lipinski definition) is 0. The second kappa shape index (κ2) is 6.18. The number of amides is 1. The number of rotatable bonds is 2. The van der Waals surface area contributed by atoms with Crippen molar-refractivity contribution >= 4 is 56.3 Å². The lowest BCUT2D eigenvalue weighted by atomic mass is 10.1. The van der Waals surface area contributed by atoms with Crippen LogP contribution in [0.2, 0.25) is 0 Å². The number of aromatic nitrogens is 2. The topological polar surface area (TPSA) is 58.5 Å². The zero-order chi connectivity index (χ0) is 16.5. The minimum Gasteiger partial charge on any atom is -0.289 e. The van der Waals surface area contributed by atoms with E-state index in [2.05, 4.69) is 15.0 Å². The highest BCUT2D eigenvalue weighted by atomic mass is 32.2. The van der Waals surface area contributed by atoms with Gasteiger partial charge in [0.05, 0.1) is 10.4 Å². The van der Waals surface area contributed by atoms with Crippen LogP contribution in [-0.2, 0) is 4.79 Å². The van der Waals surface area contributed by atoms with Crippen LogP contribution in [-0.4, -0.2) is 33.0 Å². The third-order valence-electron chi connectivity index (χ3n) is 3.54. The van der Waals surface area contributed by atoms with E-state index in [4.69, 9.17) is 0 Å². The number of carbonyl (C=O) groups is 1. The number of nitrogens with zero attached hydrogens (tertiary/aromatic N) is 4. The Morgan fingerprint density at radius 2 is 2.12 bits per heavy atom. The van der Waals surface area contributed by atoms with Crippen molar-refractivity contribution in [3.63, 3.8) is 0 Å². The van der Waals surface area contributed by atoms with Crippen LogP contribution in [0.5, 0.6) is 0 Å². The van der Waals surface area contributed by atoms with E-state index >= 15 is 0 Å². The monoisotopic (exact) mass is 352 g/mol. The van der Waals surface area contributed by atoms with Crippen molar-refractivity contribution in [1.29, 1.82) is 0 Å². The summed E-state index contributed by atoms with van der Waals surface area (Å²) >= 11 is 2.81. The molecule has 118 valence electrons. The van der Waals surface area contributed by atoms with Gasteiger partial charge in [-0.1, -0.05) is 12.1 Å². The lowest BCUT2D eigenvalue weighted by molar-refractivity contribution is -0.121. The lowest BCUT2D eigenvalue weighted by Crippen LogP contribution is -2.23. The molecule has 1 aliphatic heterocycles. The second-order valence-electron chi connectivity index (χ2n) is 5.14. The zero-order valence-electron chi connectivity index (χ0n) is 12.7. The molecule has 0 bridgehead atoms. The number of aliphatic imine (C=N–C) groups is 1. The Morgan fingerprint density at radius 3 is 2.96 bits per heavy atom. The van der Waals surface area contributed by atoms with Crippen molar-refractivity contribution in [3.8, 4) is 0 Å². The van der Waals surface area contributed by atoms with Crippen LogP contribution < -0.4 is 0 Å². The molecule has 0 unspecified atom stereocenters. The first-order valence-corrected chi connectivity index (χ1v) is 8.91. The van der Waals surface area contributed by atoms with Gasteiger partial charge in [-0.3, -0.25) is 14.7 Å². The summed E-state index contributed by atoms with van der Waals surface area (Å²) in [6.07, 6.45) is 5.36. The molecule has 0 N–H and O–H groups in total. The predicted octanol–water partition coefficient (Wildman–Crippen LogP) is 3.93. The van der Waals surface area contributed by atoms with Gasteiger partial charge in [-0.15, -0.1) is 11.3 Å². The van der Waals surface area contributed by atoms with Crippen molar-refractivity contribution < 1.29 is 4.79 Å². The largest absolute Gasteiger partial charge is 0.289 e. The van der Waals surface area contributed by atoms with Crippen molar-refractivity contribution in [2.75, 3.05) is 7.05 Å². The standard InChI is InChI=1S/C17H12N4OS2/c1-21-15(22)14(24-17(21)20-16-19-7-8-23-16)10-11-4-5-13-12(9-11)3-2-6-18-13/h2-10H,1H3/b14-10+,20-17+. The van der Waals surface area contributed by atoms with E-state index in [0.29, 0.717) is 15.2 Å². The number of thioether (sulfide) groups is 1. The summed E-state index contributed by atoms with van der Waals surface area (Å²) in [5.74, 6) is -0.0541. The summed E-state index contributed by atoms with van der Waals surface area (Å²) in [4.78, 5) is 27.5. The van der Waals surface area contributed by atoms with Gasteiger partial charge in [-0.2, -0.15) is 4.99 Å². The van der Waals surface area contributed by atoms with E-state index in [0.717, 1.165) is 16.5 Å². The van der Waals surface area contributed by atoms with Crippen LogP contribution in [0, 0.1) is 0 Å². The maximum Gasteiger partial charge on any atom is 0.266 e. The molecule has 4 rings (SSSR count). The number of likely N-dealkylation sites (N-methyl/N-ethyl adjacent to an activating group) is 1. The molecule has 0 aliphatic carbocycles. The molecular formula is C17H12N4OS2. The fourth-order valence-corrected chi connectivity index (χ4v) is 3.87. The summed E-state index contributed by atoms with van der Waals surface area (Å²) in [7, 11) is 1.73. The Kier molecular flexibility index (Phi) is 3.87. The Hall–Kier alpha value is -2.51. The molecule has 1 amide bonds. The van der Waals surface area contributed by atoms with Crippen molar-refractivity contribution in [2.24, 2.45) is 4.99 Å². The highest BCUT2D eigenvalue weighted by Crippen LogP contribution is 2.33. The summed E-state index contributed by atoms with van der Waals surface area (Å²) in [5.41, 5.74) is 1.91. The molecule has 0 radical (unpaired) electrons. The van der Waals surface area contributed by atoms with E-state index in [1.165, 1.54) is 23.1 Å². The van der Waals surface area contributed by atoms with Crippen LogP contribution in [0.25, 0.3) is 17.0 Å². The van der Waals surface area contributed by atoms with Crippen molar-refractivity contribution in [2.45, 2.75) is 0 Å². The Labute approximate surface area is 146 Å². The molecular weight excluding hydrogens is 340 g/mol. The molecule has 1 aliphatic rings. The van der Waals surface area contributed by atoms with Crippen molar-refractivity contribution in [3.05, 3.63) is 58.6 Å². The van der Waals surface area contributed by atoms with E-state index in [1.54, 1.807) is 24.3 Å². The van der Waals surface area contributed by atoms with E-state index in [1.807, 2.05) is 41.8 Å². The van der Waals surface area contributed by atoms with Gasteiger partial charge in [0.1, 0.15) is 0 Å². The molecule has 7 heteroatoms. The zero-order valence-corrected chi connectivity index (χ0v) is 14.3.